The lowest BCUT2D eigenvalue weighted by molar-refractivity contribution is 1.30. The fourth-order valence-electron chi connectivity index (χ4n) is 4.30. The fraction of sp³-hybridized carbons (Fsp3) is 0. The number of fused-ring (bicyclic) bond motifs is 4. The van der Waals surface area contributed by atoms with Gasteiger partial charge in [0.25, 0.3) is 0 Å². The van der Waals surface area contributed by atoms with Crippen molar-refractivity contribution in [1.82, 2.24) is 0 Å². The molecule has 0 radical (unpaired) electrons. The minimum Gasteiger partial charge on any atom is -0.310 e. The van der Waals surface area contributed by atoms with E-state index in [2.05, 4.69) is 95.9 Å². The van der Waals surface area contributed by atoms with E-state index in [0.717, 1.165) is 22.1 Å². The lowest BCUT2D eigenvalue weighted by Gasteiger charge is -2.27. The second-order valence-electron chi connectivity index (χ2n) is 7.59. The average Bonchev–Trinajstić information content (AvgIpc) is 3.17. The van der Waals surface area contributed by atoms with Gasteiger partial charge in [-0.25, -0.2) is 0 Å². The summed E-state index contributed by atoms with van der Waals surface area (Å²) in [5, 5.41) is 5.77. The van der Waals surface area contributed by atoms with E-state index in [0.29, 0.717) is 0 Å². The molecule has 0 unspecified atom stereocenters. The Morgan fingerprint density at radius 3 is 2.16 bits per heavy atom. The summed E-state index contributed by atoms with van der Waals surface area (Å²) in [6.07, 6.45) is 0. The lowest BCUT2D eigenvalue weighted by atomic mass is 10.1. The van der Waals surface area contributed by atoms with Crippen molar-refractivity contribution in [2.75, 3.05) is 4.90 Å². The molecule has 6 rings (SSSR count). The number of benzene rings is 5. The van der Waals surface area contributed by atoms with Crippen molar-refractivity contribution in [3.63, 3.8) is 0 Å². The summed E-state index contributed by atoms with van der Waals surface area (Å²) in [4.78, 5) is 2.30. The van der Waals surface area contributed by atoms with Gasteiger partial charge in [0.15, 0.2) is 0 Å². The Labute approximate surface area is 189 Å². The van der Waals surface area contributed by atoms with Crippen LogP contribution in [0.5, 0.6) is 0 Å². The molecule has 0 saturated carbocycles. The largest absolute Gasteiger partial charge is 0.310 e. The van der Waals surface area contributed by atoms with Gasteiger partial charge in [0.05, 0.1) is 5.69 Å². The van der Waals surface area contributed by atoms with Gasteiger partial charge in [0.1, 0.15) is 0 Å². The maximum Gasteiger partial charge on any atom is 0.0540 e. The van der Waals surface area contributed by atoms with E-state index in [1.54, 1.807) is 0 Å². The van der Waals surface area contributed by atoms with Crippen molar-refractivity contribution in [3.05, 3.63) is 114 Å². The number of thiophene rings is 1. The first kappa shape index (κ1) is 18.4. The topological polar surface area (TPSA) is 3.24 Å². The Hall–Kier alpha value is -3.33. The molecule has 0 fully saturated rings. The molecule has 0 atom stereocenters. The second kappa shape index (κ2) is 7.42. The summed E-state index contributed by atoms with van der Waals surface area (Å²) in [5.74, 6) is 0. The van der Waals surface area contributed by atoms with Crippen LogP contribution in [0.15, 0.2) is 109 Å². The molecule has 0 amide bonds. The van der Waals surface area contributed by atoms with E-state index in [4.69, 9.17) is 11.6 Å². The summed E-state index contributed by atoms with van der Waals surface area (Å²) in [7, 11) is 0. The Bertz CT molecular complexity index is 1560. The molecule has 0 aliphatic carbocycles. The SMILES string of the molecule is Clc1cccc(N(c2ccc3c(c2)sc2ccccc23)c2cccc3ccccc23)c1. The van der Waals surface area contributed by atoms with Crippen molar-refractivity contribution < 1.29 is 0 Å². The van der Waals surface area contributed by atoms with Crippen molar-refractivity contribution in [2.24, 2.45) is 0 Å². The van der Waals surface area contributed by atoms with Crippen LogP contribution in [0.4, 0.5) is 17.1 Å². The summed E-state index contributed by atoms with van der Waals surface area (Å²) in [6.45, 7) is 0. The van der Waals surface area contributed by atoms with Gasteiger partial charge in [0, 0.05) is 42.0 Å². The van der Waals surface area contributed by atoms with Crippen LogP contribution in [0, 0.1) is 0 Å². The van der Waals surface area contributed by atoms with Crippen LogP contribution in [0.2, 0.25) is 5.02 Å². The number of hydrogen-bond acceptors (Lipinski definition) is 2. The molecule has 31 heavy (non-hydrogen) atoms. The third-order valence-corrected chi connectivity index (χ3v) is 7.06. The maximum atomic E-state index is 6.41. The van der Waals surface area contributed by atoms with Gasteiger partial charge >= 0.3 is 0 Å². The molecule has 0 N–H and O–H groups in total. The molecule has 1 nitrogen and oxygen atoms in total. The highest BCUT2D eigenvalue weighted by molar-refractivity contribution is 7.25. The van der Waals surface area contributed by atoms with Gasteiger partial charge < -0.3 is 4.90 Å². The van der Waals surface area contributed by atoms with Crippen LogP contribution in [0.1, 0.15) is 0 Å². The normalized spacial score (nSPS) is 11.4. The zero-order valence-electron chi connectivity index (χ0n) is 16.6. The van der Waals surface area contributed by atoms with Crippen molar-refractivity contribution in [3.8, 4) is 0 Å². The molecule has 0 aliphatic rings. The summed E-state index contributed by atoms with van der Waals surface area (Å²) in [6, 6.07) is 38.4. The highest BCUT2D eigenvalue weighted by Gasteiger charge is 2.17. The van der Waals surface area contributed by atoms with Gasteiger partial charge in [-0.05, 0) is 47.9 Å². The maximum absolute atomic E-state index is 6.41. The van der Waals surface area contributed by atoms with Crippen LogP contribution < -0.4 is 4.90 Å². The number of nitrogens with zero attached hydrogens (tertiary/aromatic N) is 1. The first-order valence-electron chi connectivity index (χ1n) is 10.2. The Morgan fingerprint density at radius 2 is 1.26 bits per heavy atom. The monoisotopic (exact) mass is 435 g/mol. The standard InChI is InChI=1S/C28H18ClNS/c29-20-9-6-10-21(17-20)30(26-13-5-8-19-7-1-2-11-23(19)26)22-15-16-25-24-12-3-4-14-27(24)31-28(25)18-22/h1-18H. The second-order valence-corrected chi connectivity index (χ2v) is 9.11. The van der Waals surface area contributed by atoms with Crippen LogP contribution in [0.25, 0.3) is 30.9 Å². The van der Waals surface area contributed by atoms with Gasteiger partial charge in [-0.2, -0.15) is 0 Å². The van der Waals surface area contributed by atoms with Crippen LogP contribution in [-0.4, -0.2) is 0 Å². The number of halogens is 1. The Balaban J connectivity index is 1.63. The molecule has 0 spiro atoms. The highest BCUT2D eigenvalue weighted by Crippen LogP contribution is 2.42. The van der Waals surface area contributed by atoms with Crippen molar-refractivity contribution >= 4 is 70.9 Å². The first-order valence-corrected chi connectivity index (χ1v) is 11.4. The van der Waals surface area contributed by atoms with Gasteiger partial charge in [0.2, 0.25) is 0 Å². The lowest BCUT2D eigenvalue weighted by Crippen LogP contribution is -2.10. The molecular weight excluding hydrogens is 418 g/mol. The molecule has 148 valence electrons. The molecule has 1 heterocycles. The van der Waals surface area contributed by atoms with E-state index in [1.807, 2.05) is 29.5 Å². The highest BCUT2D eigenvalue weighted by atomic mass is 35.5. The fourth-order valence-corrected chi connectivity index (χ4v) is 5.62. The van der Waals surface area contributed by atoms with Crippen molar-refractivity contribution in [1.29, 1.82) is 0 Å². The Kier molecular flexibility index (Phi) is 4.41. The molecule has 0 bridgehead atoms. The minimum atomic E-state index is 0.727. The molecule has 5 aromatic carbocycles. The van der Waals surface area contributed by atoms with Crippen LogP contribution >= 0.6 is 22.9 Å². The van der Waals surface area contributed by atoms with E-state index >= 15 is 0 Å². The predicted molar refractivity (Wildman–Crippen MR) is 137 cm³/mol. The molecule has 1 aromatic heterocycles. The zero-order chi connectivity index (χ0) is 20.8. The van der Waals surface area contributed by atoms with Gasteiger partial charge in [-0.1, -0.05) is 78.3 Å². The molecular formula is C28H18ClNS. The van der Waals surface area contributed by atoms with Crippen LogP contribution in [0.3, 0.4) is 0 Å². The summed E-state index contributed by atoms with van der Waals surface area (Å²) < 4.78 is 2.60. The van der Waals surface area contributed by atoms with Crippen molar-refractivity contribution in [2.45, 2.75) is 0 Å². The average molecular weight is 436 g/mol. The predicted octanol–water partition coefficient (Wildman–Crippen LogP) is 9.33. The first-order chi connectivity index (χ1) is 15.3. The molecule has 6 aromatic rings. The van der Waals surface area contributed by atoms with E-state index in [-0.39, 0.29) is 0 Å². The number of rotatable bonds is 3. The van der Waals surface area contributed by atoms with Crippen LogP contribution in [-0.2, 0) is 0 Å². The smallest absolute Gasteiger partial charge is 0.0540 e. The third-order valence-electron chi connectivity index (χ3n) is 5.69. The number of anilines is 3. The van der Waals surface area contributed by atoms with E-state index < -0.39 is 0 Å². The third kappa shape index (κ3) is 3.16. The summed E-state index contributed by atoms with van der Waals surface area (Å²) in [5.41, 5.74) is 3.31. The quantitative estimate of drug-likeness (QED) is 0.267. The van der Waals surface area contributed by atoms with E-state index in [1.165, 1.54) is 30.9 Å². The van der Waals surface area contributed by atoms with E-state index in [9.17, 15) is 0 Å². The van der Waals surface area contributed by atoms with Gasteiger partial charge in [-0.3, -0.25) is 0 Å². The number of hydrogen-bond donors (Lipinski definition) is 0. The molecule has 0 aliphatic heterocycles. The zero-order valence-corrected chi connectivity index (χ0v) is 18.2. The molecule has 3 heteroatoms. The minimum absolute atomic E-state index is 0.727. The molecule has 0 saturated heterocycles. The van der Waals surface area contributed by atoms with Gasteiger partial charge in [-0.15, -0.1) is 11.3 Å². The summed E-state index contributed by atoms with van der Waals surface area (Å²) >= 11 is 8.24. The Morgan fingerprint density at radius 1 is 0.548 bits per heavy atom.